The van der Waals surface area contributed by atoms with E-state index in [2.05, 4.69) is 0 Å². The van der Waals surface area contributed by atoms with Gasteiger partial charge in [0.15, 0.2) is 0 Å². The van der Waals surface area contributed by atoms with E-state index in [9.17, 15) is 15.3 Å². The van der Waals surface area contributed by atoms with Crippen molar-refractivity contribution in [3.63, 3.8) is 0 Å². The van der Waals surface area contributed by atoms with Gasteiger partial charge in [0.1, 0.15) is 0 Å². The topological polar surface area (TPSA) is 79.2 Å². The number of aryl methyl sites for hydroxylation is 1. The minimum Gasteiger partial charge on any atom is -0.395 e. The van der Waals surface area contributed by atoms with Crippen molar-refractivity contribution in [2.75, 3.05) is 39.6 Å². The quantitative estimate of drug-likeness (QED) is 0.563. The average molecular weight is 298 g/mol. The van der Waals surface area contributed by atoms with E-state index in [-0.39, 0.29) is 19.8 Å². The fraction of sp³-hybridized carbons (Fsp3) is 0.625. The molecule has 3 N–H and O–H groups in total. The van der Waals surface area contributed by atoms with Crippen molar-refractivity contribution in [1.82, 2.24) is 0 Å². The van der Waals surface area contributed by atoms with Crippen LogP contribution in [-0.2, 0) is 9.47 Å². The van der Waals surface area contributed by atoms with E-state index in [0.29, 0.717) is 19.8 Å². The average Bonchev–Trinajstić information content (AvgIpc) is 2.52. The highest BCUT2D eigenvalue weighted by molar-refractivity contribution is 5.25. The maximum Gasteiger partial charge on any atom is 0.0948 e. The van der Waals surface area contributed by atoms with Gasteiger partial charge in [-0.1, -0.05) is 29.8 Å². The molecule has 0 aliphatic rings. The van der Waals surface area contributed by atoms with E-state index in [1.54, 1.807) is 0 Å². The highest BCUT2D eigenvalue weighted by Crippen LogP contribution is 2.36. The standard InChI is InChI=1S/C16H26O5/c1-3-20-8-9-21-15(16(10-17,11-18)12-19)14-6-4-13(2)5-7-14/h4-7,15,17-19H,3,8-12H2,1-2H3. The number of aliphatic hydroxyl groups is 3. The Morgan fingerprint density at radius 3 is 2.05 bits per heavy atom. The molecule has 1 aromatic carbocycles. The number of hydrogen-bond acceptors (Lipinski definition) is 5. The number of rotatable bonds is 10. The summed E-state index contributed by atoms with van der Waals surface area (Å²) < 4.78 is 11.0. The fourth-order valence-corrected chi connectivity index (χ4v) is 2.14. The van der Waals surface area contributed by atoms with Gasteiger partial charge in [0, 0.05) is 6.61 Å². The van der Waals surface area contributed by atoms with Crippen molar-refractivity contribution in [3.05, 3.63) is 35.4 Å². The predicted molar refractivity (Wildman–Crippen MR) is 80.1 cm³/mol. The molecule has 0 spiro atoms. The lowest BCUT2D eigenvalue weighted by Gasteiger charge is -2.36. The second-order valence-electron chi connectivity index (χ2n) is 5.20. The third-order valence-corrected chi connectivity index (χ3v) is 3.60. The Labute approximate surface area is 126 Å². The zero-order valence-corrected chi connectivity index (χ0v) is 12.8. The van der Waals surface area contributed by atoms with E-state index in [1.807, 2.05) is 38.1 Å². The van der Waals surface area contributed by atoms with Crippen molar-refractivity contribution in [1.29, 1.82) is 0 Å². The van der Waals surface area contributed by atoms with Crippen LogP contribution in [0.1, 0.15) is 24.2 Å². The van der Waals surface area contributed by atoms with Crippen LogP contribution in [0.2, 0.25) is 0 Å². The van der Waals surface area contributed by atoms with Gasteiger partial charge >= 0.3 is 0 Å². The summed E-state index contributed by atoms with van der Waals surface area (Å²) in [5.74, 6) is 0. The molecule has 1 rings (SSSR count). The molecule has 0 aromatic heterocycles. The van der Waals surface area contributed by atoms with Gasteiger partial charge in [-0.2, -0.15) is 0 Å². The van der Waals surface area contributed by atoms with Crippen molar-refractivity contribution in [2.45, 2.75) is 20.0 Å². The molecule has 0 heterocycles. The fourth-order valence-electron chi connectivity index (χ4n) is 2.14. The second-order valence-corrected chi connectivity index (χ2v) is 5.20. The van der Waals surface area contributed by atoms with E-state index in [4.69, 9.17) is 9.47 Å². The van der Waals surface area contributed by atoms with Crippen LogP contribution >= 0.6 is 0 Å². The summed E-state index contributed by atoms with van der Waals surface area (Å²) in [4.78, 5) is 0. The first kappa shape index (κ1) is 18.1. The minimum absolute atomic E-state index is 0.328. The molecule has 5 nitrogen and oxygen atoms in total. The van der Waals surface area contributed by atoms with Gasteiger partial charge in [-0.25, -0.2) is 0 Å². The normalized spacial score (nSPS) is 13.4. The van der Waals surface area contributed by atoms with Crippen LogP contribution in [0.5, 0.6) is 0 Å². The van der Waals surface area contributed by atoms with Crippen LogP contribution in [0.3, 0.4) is 0 Å². The first-order chi connectivity index (χ1) is 10.1. The van der Waals surface area contributed by atoms with Gasteiger partial charge in [0.2, 0.25) is 0 Å². The van der Waals surface area contributed by atoms with Gasteiger partial charge in [-0.15, -0.1) is 0 Å². The van der Waals surface area contributed by atoms with Crippen LogP contribution < -0.4 is 0 Å². The van der Waals surface area contributed by atoms with Gasteiger partial charge in [0.05, 0.1) is 44.6 Å². The van der Waals surface area contributed by atoms with Crippen LogP contribution in [0.15, 0.2) is 24.3 Å². The Morgan fingerprint density at radius 1 is 1.00 bits per heavy atom. The van der Waals surface area contributed by atoms with E-state index in [1.165, 1.54) is 0 Å². The summed E-state index contributed by atoms with van der Waals surface area (Å²) >= 11 is 0. The third kappa shape index (κ3) is 4.76. The van der Waals surface area contributed by atoms with Gasteiger partial charge < -0.3 is 24.8 Å². The second kappa shape index (κ2) is 9.12. The smallest absolute Gasteiger partial charge is 0.0948 e. The molecule has 0 aliphatic heterocycles. The van der Waals surface area contributed by atoms with Gasteiger partial charge in [-0.05, 0) is 19.4 Å². The van der Waals surface area contributed by atoms with Gasteiger partial charge in [0.25, 0.3) is 0 Å². The monoisotopic (exact) mass is 298 g/mol. The first-order valence-corrected chi connectivity index (χ1v) is 7.22. The summed E-state index contributed by atoms with van der Waals surface area (Å²) in [6, 6.07) is 7.64. The van der Waals surface area contributed by atoms with Crippen molar-refractivity contribution >= 4 is 0 Å². The molecule has 120 valence electrons. The highest BCUT2D eigenvalue weighted by atomic mass is 16.5. The van der Waals surface area contributed by atoms with Crippen LogP contribution in [0, 0.1) is 12.3 Å². The zero-order valence-electron chi connectivity index (χ0n) is 12.8. The number of hydrogen-bond donors (Lipinski definition) is 3. The molecule has 0 saturated heterocycles. The summed E-state index contributed by atoms with van der Waals surface area (Å²) in [7, 11) is 0. The lowest BCUT2D eigenvalue weighted by atomic mass is 9.80. The number of benzene rings is 1. The molecule has 5 heteroatoms. The molecule has 0 saturated carbocycles. The molecule has 0 radical (unpaired) electrons. The molecule has 0 bridgehead atoms. The molecule has 0 amide bonds. The largest absolute Gasteiger partial charge is 0.395 e. The zero-order chi connectivity index (χ0) is 15.7. The summed E-state index contributed by atoms with van der Waals surface area (Å²) in [5.41, 5.74) is 0.797. The Morgan fingerprint density at radius 2 is 1.57 bits per heavy atom. The summed E-state index contributed by atoms with van der Waals surface area (Å²) in [6.45, 7) is 4.13. The Balaban J connectivity index is 2.95. The molecule has 1 atom stereocenters. The van der Waals surface area contributed by atoms with Crippen LogP contribution in [0.25, 0.3) is 0 Å². The maximum atomic E-state index is 9.63. The van der Waals surface area contributed by atoms with Gasteiger partial charge in [-0.3, -0.25) is 0 Å². The SMILES string of the molecule is CCOCCOC(c1ccc(C)cc1)C(CO)(CO)CO. The van der Waals surface area contributed by atoms with Crippen molar-refractivity contribution in [3.8, 4) is 0 Å². The lowest BCUT2D eigenvalue weighted by Crippen LogP contribution is -2.41. The molecule has 21 heavy (non-hydrogen) atoms. The summed E-state index contributed by atoms with van der Waals surface area (Å²) in [5, 5.41) is 28.9. The lowest BCUT2D eigenvalue weighted by molar-refractivity contribution is -0.123. The Kier molecular flexibility index (Phi) is 7.85. The van der Waals surface area contributed by atoms with E-state index in [0.717, 1.165) is 11.1 Å². The molecule has 1 aromatic rings. The molecular weight excluding hydrogens is 272 g/mol. The first-order valence-electron chi connectivity index (χ1n) is 7.22. The predicted octanol–water partition coefficient (Wildman–Crippen LogP) is 1.05. The van der Waals surface area contributed by atoms with Crippen LogP contribution in [-0.4, -0.2) is 55.0 Å². The van der Waals surface area contributed by atoms with E-state index < -0.39 is 11.5 Å². The Hall–Kier alpha value is -0.980. The van der Waals surface area contributed by atoms with Crippen LogP contribution in [0.4, 0.5) is 0 Å². The maximum absolute atomic E-state index is 9.63. The minimum atomic E-state index is -1.12. The molecule has 0 aliphatic carbocycles. The third-order valence-electron chi connectivity index (χ3n) is 3.60. The van der Waals surface area contributed by atoms with Crippen molar-refractivity contribution < 1.29 is 24.8 Å². The number of ether oxygens (including phenoxy) is 2. The molecular formula is C16H26O5. The molecule has 0 fully saturated rings. The van der Waals surface area contributed by atoms with Crippen molar-refractivity contribution in [2.24, 2.45) is 5.41 Å². The highest BCUT2D eigenvalue weighted by Gasteiger charge is 2.39. The summed E-state index contributed by atoms with van der Waals surface area (Å²) in [6.07, 6.45) is -0.599. The number of aliphatic hydroxyl groups excluding tert-OH is 3. The molecule has 1 unspecified atom stereocenters. The Bertz CT molecular complexity index is 378. The van der Waals surface area contributed by atoms with E-state index >= 15 is 0 Å².